The summed E-state index contributed by atoms with van der Waals surface area (Å²) in [5.74, 6) is -0.824. The molecular formula is C31H33N5O3. The van der Waals surface area contributed by atoms with Crippen LogP contribution < -0.4 is 4.90 Å². The van der Waals surface area contributed by atoms with Crippen LogP contribution in [0.5, 0.6) is 0 Å². The van der Waals surface area contributed by atoms with E-state index in [1.165, 1.54) is 5.52 Å². The highest BCUT2D eigenvalue weighted by atomic mass is 16.4. The first kappa shape index (κ1) is 25.1. The lowest BCUT2D eigenvalue weighted by Gasteiger charge is -2.43. The number of aromatic nitrogens is 2. The molecule has 8 nitrogen and oxygen atoms in total. The third-order valence-corrected chi connectivity index (χ3v) is 8.21. The number of nitrogens with zero attached hydrogens (tertiary/aromatic N) is 5. The topological polar surface area (TPSA) is 81.9 Å². The first-order valence-electron chi connectivity index (χ1n) is 13.6. The highest BCUT2D eigenvalue weighted by molar-refractivity contribution is 5.93. The lowest BCUT2D eigenvalue weighted by molar-refractivity contribution is -0.134. The maximum absolute atomic E-state index is 14.0. The summed E-state index contributed by atoms with van der Waals surface area (Å²) < 4.78 is 2.08. The largest absolute Gasteiger partial charge is 0.478 e. The number of carbonyl (C=O) groups is 2. The summed E-state index contributed by atoms with van der Waals surface area (Å²) in [5.41, 5.74) is 2.70. The van der Waals surface area contributed by atoms with Crippen molar-refractivity contribution in [2.24, 2.45) is 0 Å². The van der Waals surface area contributed by atoms with Crippen molar-refractivity contribution in [2.75, 3.05) is 31.2 Å². The van der Waals surface area contributed by atoms with Crippen molar-refractivity contribution in [3.05, 3.63) is 96.2 Å². The normalized spacial score (nSPS) is 17.4. The molecule has 0 unspecified atom stereocenters. The van der Waals surface area contributed by atoms with Gasteiger partial charge in [-0.05, 0) is 61.7 Å². The van der Waals surface area contributed by atoms with Gasteiger partial charge in [-0.2, -0.15) is 5.10 Å². The van der Waals surface area contributed by atoms with Crippen molar-refractivity contribution < 1.29 is 14.7 Å². The van der Waals surface area contributed by atoms with Gasteiger partial charge in [0.05, 0.1) is 23.9 Å². The van der Waals surface area contributed by atoms with Gasteiger partial charge in [0.25, 0.3) is 0 Å². The van der Waals surface area contributed by atoms with Crippen LogP contribution in [0.25, 0.3) is 10.9 Å². The van der Waals surface area contributed by atoms with Crippen LogP contribution in [0.4, 0.5) is 5.69 Å². The molecule has 0 aliphatic carbocycles. The molecule has 39 heavy (non-hydrogen) atoms. The quantitative estimate of drug-likeness (QED) is 0.367. The lowest BCUT2D eigenvalue weighted by Crippen LogP contribution is -2.56. The van der Waals surface area contributed by atoms with Gasteiger partial charge in [-0.15, -0.1) is 0 Å². The van der Waals surface area contributed by atoms with Gasteiger partial charge in [-0.1, -0.05) is 48.5 Å². The number of hydrogen-bond acceptors (Lipinski definition) is 5. The van der Waals surface area contributed by atoms with E-state index in [0.29, 0.717) is 13.2 Å². The fraction of sp³-hybridized carbons (Fsp3) is 0.323. The number of aromatic carboxylic acids is 1. The van der Waals surface area contributed by atoms with Gasteiger partial charge in [0.2, 0.25) is 5.91 Å². The van der Waals surface area contributed by atoms with Gasteiger partial charge >= 0.3 is 5.97 Å². The molecule has 0 saturated carbocycles. The fourth-order valence-corrected chi connectivity index (χ4v) is 6.14. The van der Waals surface area contributed by atoms with E-state index in [1.807, 2.05) is 47.5 Å². The lowest BCUT2D eigenvalue weighted by atomic mass is 9.85. The third-order valence-electron chi connectivity index (χ3n) is 8.21. The molecule has 1 N–H and O–H groups in total. The number of anilines is 1. The number of para-hydroxylation sites is 2. The standard InChI is InChI=1S/C31H33N5O3/c37-29(38)25-10-6-8-24(20-25)22-34-23-35(27-11-2-1-3-12-27)31(30(34)39)14-18-33(19-15-31)16-7-17-36-28-13-5-4-9-26(28)21-32-36/h1-6,8-13,20-21H,7,14-19,22-23H2,(H,37,38). The Kier molecular flexibility index (Phi) is 6.79. The van der Waals surface area contributed by atoms with Crippen LogP contribution in [0, 0.1) is 0 Å². The Bertz CT molecular complexity index is 1480. The molecule has 3 heterocycles. The maximum atomic E-state index is 14.0. The van der Waals surface area contributed by atoms with E-state index in [4.69, 9.17) is 0 Å². The zero-order valence-electron chi connectivity index (χ0n) is 21.9. The minimum absolute atomic E-state index is 0.134. The SMILES string of the molecule is O=C(O)c1cccc(CN2CN(c3ccccc3)C3(CCN(CCCn4ncc5ccccc54)CC3)C2=O)c1. The van der Waals surface area contributed by atoms with Crippen molar-refractivity contribution in [1.82, 2.24) is 19.6 Å². The van der Waals surface area contributed by atoms with Crippen molar-refractivity contribution in [3.63, 3.8) is 0 Å². The molecular weight excluding hydrogens is 490 g/mol. The average Bonchev–Trinajstić information content (AvgIpc) is 3.49. The van der Waals surface area contributed by atoms with Crippen molar-refractivity contribution in [1.29, 1.82) is 0 Å². The Morgan fingerprint density at radius 1 is 0.923 bits per heavy atom. The van der Waals surface area contributed by atoms with Gasteiger partial charge < -0.3 is 19.8 Å². The Balaban J connectivity index is 1.14. The Morgan fingerprint density at radius 3 is 2.49 bits per heavy atom. The van der Waals surface area contributed by atoms with Gasteiger partial charge in [0.15, 0.2) is 0 Å². The molecule has 1 aromatic heterocycles. The van der Waals surface area contributed by atoms with Crippen LogP contribution in [-0.4, -0.2) is 68.4 Å². The minimum atomic E-state index is -0.958. The maximum Gasteiger partial charge on any atom is 0.335 e. The number of hydrogen-bond donors (Lipinski definition) is 1. The molecule has 8 heteroatoms. The third kappa shape index (κ3) is 4.88. The summed E-state index contributed by atoms with van der Waals surface area (Å²) in [4.78, 5) is 32.1. The molecule has 1 amide bonds. The molecule has 200 valence electrons. The van der Waals surface area contributed by atoms with Crippen LogP contribution in [-0.2, 0) is 17.9 Å². The van der Waals surface area contributed by atoms with E-state index in [-0.39, 0.29) is 11.5 Å². The monoisotopic (exact) mass is 523 g/mol. The van der Waals surface area contributed by atoms with Crippen molar-refractivity contribution in [2.45, 2.75) is 37.9 Å². The first-order chi connectivity index (χ1) is 19.0. The van der Waals surface area contributed by atoms with Crippen LogP contribution in [0.15, 0.2) is 85.1 Å². The number of rotatable bonds is 8. The van der Waals surface area contributed by atoms with Gasteiger partial charge in [-0.25, -0.2) is 4.79 Å². The second-order valence-corrected chi connectivity index (χ2v) is 10.6. The molecule has 2 aliphatic heterocycles. The molecule has 4 aromatic rings. The zero-order valence-corrected chi connectivity index (χ0v) is 21.9. The van der Waals surface area contributed by atoms with E-state index in [9.17, 15) is 14.7 Å². The summed E-state index contributed by atoms with van der Waals surface area (Å²) in [5, 5.41) is 15.1. The van der Waals surface area contributed by atoms with E-state index < -0.39 is 11.5 Å². The number of carbonyl (C=O) groups excluding carboxylic acids is 1. The minimum Gasteiger partial charge on any atom is -0.478 e. The van der Waals surface area contributed by atoms with E-state index >= 15 is 0 Å². The molecule has 6 rings (SSSR count). The Hall–Kier alpha value is -4.17. The number of carboxylic acids is 1. The molecule has 0 radical (unpaired) electrons. The van der Waals surface area contributed by atoms with E-state index in [0.717, 1.165) is 62.1 Å². The average molecular weight is 524 g/mol. The number of carboxylic acid groups (broad SMARTS) is 1. The van der Waals surface area contributed by atoms with Crippen LogP contribution in [0.2, 0.25) is 0 Å². The number of benzene rings is 3. The van der Waals surface area contributed by atoms with E-state index in [2.05, 4.69) is 43.8 Å². The molecule has 0 atom stereocenters. The van der Waals surface area contributed by atoms with Crippen LogP contribution >= 0.6 is 0 Å². The second-order valence-electron chi connectivity index (χ2n) is 10.6. The molecule has 1 spiro atoms. The van der Waals surface area contributed by atoms with Gasteiger partial charge in [0.1, 0.15) is 5.54 Å². The summed E-state index contributed by atoms with van der Waals surface area (Å²) in [6, 6.07) is 25.3. The van der Waals surface area contributed by atoms with Crippen molar-refractivity contribution >= 4 is 28.5 Å². The molecule has 0 bridgehead atoms. The first-order valence-corrected chi connectivity index (χ1v) is 13.6. The number of amides is 1. The summed E-state index contributed by atoms with van der Waals surface area (Å²) in [6.45, 7) is 4.44. The summed E-state index contributed by atoms with van der Waals surface area (Å²) in [7, 11) is 0. The highest BCUT2D eigenvalue weighted by Crippen LogP contribution is 2.40. The van der Waals surface area contributed by atoms with Crippen LogP contribution in [0.3, 0.4) is 0 Å². The highest BCUT2D eigenvalue weighted by Gasteiger charge is 2.53. The molecule has 3 aromatic carbocycles. The van der Waals surface area contributed by atoms with Crippen molar-refractivity contribution in [3.8, 4) is 0 Å². The number of aryl methyl sites for hydroxylation is 1. The fourth-order valence-electron chi connectivity index (χ4n) is 6.14. The van der Waals surface area contributed by atoms with Gasteiger partial charge in [0, 0.05) is 37.3 Å². The molecule has 2 saturated heterocycles. The molecule has 2 fully saturated rings. The Morgan fingerprint density at radius 2 is 1.69 bits per heavy atom. The molecule has 2 aliphatic rings. The second kappa shape index (κ2) is 10.5. The van der Waals surface area contributed by atoms with Gasteiger partial charge in [-0.3, -0.25) is 9.48 Å². The number of piperidine rings is 1. The number of likely N-dealkylation sites (tertiary alicyclic amines) is 1. The Labute approximate surface area is 228 Å². The van der Waals surface area contributed by atoms with Crippen LogP contribution in [0.1, 0.15) is 35.2 Å². The predicted molar refractivity (Wildman–Crippen MR) is 150 cm³/mol. The zero-order chi connectivity index (χ0) is 26.8. The summed E-state index contributed by atoms with van der Waals surface area (Å²) in [6.07, 6.45) is 4.45. The summed E-state index contributed by atoms with van der Waals surface area (Å²) >= 11 is 0. The number of fused-ring (bicyclic) bond motifs is 1. The smallest absolute Gasteiger partial charge is 0.335 e. The predicted octanol–water partition coefficient (Wildman–Crippen LogP) is 4.47. The van der Waals surface area contributed by atoms with E-state index in [1.54, 1.807) is 18.2 Å².